The zero-order valence-corrected chi connectivity index (χ0v) is 9.84. The Balaban J connectivity index is 2.36. The van der Waals surface area contributed by atoms with Gasteiger partial charge in [-0.2, -0.15) is 0 Å². The van der Waals surface area contributed by atoms with E-state index in [4.69, 9.17) is 0 Å². The summed E-state index contributed by atoms with van der Waals surface area (Å²) in [5.74, 6) is 0.363. The molecule has 0 aromatic heterocycles. The van der Waals surface area contributed by atoms with E-state index in [1.807, 2.05) is 0 Å². The van der Waals surface area contributed by atoms with Gasteiger partial charge >= 0.3 is 0 Å². The molecule has 17 heavy (non-hydrogen) atoms. The molecule has 0 fully saturated rings. The summed E-state index contributed by atoms with van der Waals surface area (Å²) >= 11 is 0. The Morgan fingerprint density at radius 3 is 1.41 bits per heavy atom. The van der Waals surface area contributed by atoms with Gasteiger partial charge in [0.2, 0.25) is 0 Å². The van der Waals surface area contributed by atoms with Crippen LogP contribution >= 0.6 is 8.46 Å². The standard InChI is InChI=1S/C13H11O3P/c14-11-5-1-9(2-6-11)13(17-16)10-3-7-12(15)8-4-10/h1-8,13-15H. The number of hydrogen-bond donors (Lipinski definition) is 2. The first-order chi connectivity index (χ1) is 8.20. The molecule has 0 aliphatic rings. The fourth-order valence-corrected chi connectivity index (χ4v) is 2.22. The van der Waals surface area contributed by atoms with Gasteiger partial charge in [-0.1, -0.05) is 24.3 Å². The second kappa shape index (κ2) is 4.98. The Labute approximate surface area is 101 Å². The molecule has 2 aromatic carbocycles. The molecule has 0 unspecified atom stereocenters. The Morgan fingerprint density at radius 2 is 1.12 bits per heavy atom. The lowest BCUT2D eigenvalue weighted by Gasteiger charge is -2.10. The van der Waals surface area contributed by atoms with Gasteiger partial charge in [-0.05, 0) is 35.4 Å². The lowest BCUT2D eigenvalue weighted by Crippen LogP contribution is -1.92. The molecule has 0 radical (unpaired) electrons. The molecule has 86 valence electrons. The molecule has 2 N–H and O–H groups in total. The quantitative estimate of drug-likeness (QED) is 0.815. The number of phenolic OH excluding ortho intramolecular Hbond substituents is 2. The predicted molar refractivity (Wildman–Crippen MR) is 65.7 cm³/mol. The minimum absolute atomic E-state index is 0.0207. The number of benzene rings is 2. The van der Waals surface area contributed by atoms with Crippen LogP contribution in [0, 0.1) is 0 Å². The molecule has 0 saturated carbocycles. The highest BCUT2D eigenvalue weighted by Gasteiger charge is 2.14. The summed E-state index contributed by atoms with van der Waals surface area (Å²) in [5.41, 5.74) is 1.42. The highest BCUT2D eigenvalue weighted by molar-refractivity contribution is 7.24. The maximum Gasteiger partial charge on any atom is 0.168 e. The molecule has 3 nitrogen and oxygen atoms in total. The molecule has 0 aliphatic heterocycles. The summed E-state index contributed by atoms with van der Waals surface area (Å²) in [6, 6.07) is 13.2. The smallest absolute Gasteiger partial charge is 0.168 e. The van der Waals surface area contributed by atoms with E-state index in [2.05, 4.69) is 0 Å². The van der Waals surface area contributed by atoms with Crippen molar-refractivity contribution in [1.29, 1.82) is 0 Å². The lowest BCUT2D eigenvalue weighted by molar-refractivity contribution is 0.475. The topological polar surface area (TPSA) is 57.5 Å². The van der Waals surface area contributed by atoms with Crippen molar-refractivity contribution in [2.75, 3.05) is 0 Å². The van der Waals surface area contributed by atoms with Crippen LogP contribution in [0.4, 0.5) is 0 Å². The van der Waals surface area contributed by atoms with E-state index in [1.54, 1.807) is 48.5 Å². The molecule has 0 atom stereocenters. The van der Waals surface area contributed by atoms with E-state index in [0.717, 1.165) is 11.1 Å². The normalized spacial score (nSPS) is 10.9. The molecule has 0 amide bonds. The van der Waals surface area contributed by atoms with Crippen molar-refractivity contribution in [3.05, 3.63) is 59.7 Å². The van der Waals surface area contributed by atoms with Crippen LogP contribution in [0.5, 0.6) is 11.5 Å². The fraction of sp³-hybridized carbons (Fsp3) is 0.0769. The third-order valence-electron chi connectivity index (χ3n) is 2.52. The Hall–Kier alpha value is -1.86. The van der Waals surface area contributed by atoms with Crippen LogP contribution < -0.4 is 0 Å². The van der Waals surface area contributed by atoms with E-state index in [0.29, 0.717) is 0 Å². The second-order valence-electron chi connectivity index (χ2n) is 3.69. The van der Waals surface area contributed by atoms with Gasteiger partial charge in [0, 0.05) is 0 Å². The van der Waals surface area contributed by atoms with Crippen LogP contribution in [0.25, 0.3) is 0 Å². The van der Waals surface area contributed by atoms with Crippen LogP contribution in [-0.4, -0.2) is 10.2 Å². The van der Waals surface area contributed by atoms with Crippen molar-refractivity contribution in [2.24, 2.45) is 0 Å². The van der Waals surface area contributed by atoms with Gasteiger partial charge < -0.3 is 10.2 Å². The van der Waals surface area contributed by atoms with Crippen LogP contribution in [0.3, 0.4) is 0 Å². The highest BCUT2D eigenvalue weighted by atomic mass is 31.1. The highest BCUT2D eigenvalue weighted by Crippen LogP contribution is 2.35. The van der Waals surface area contributed by atoms with E-state index < -0.39 is 0 Å². The third kappa shape index (κ3) is 2.63. The van der Waals surface area contributed by atoms with Gasteiger partial charge in [-0.3, -0.25) is 4.57 Å². The average molecular weight is 246 g/mol. The summed E-state index contributed by atoms with van der Waals surface area (Å²) in [5, 5.41) is 18.4. The summed E-state index contributed by atoms with van der Waals surface area (Å²) in [4.78, 5) is 0. The van der Waals surface area contributed by atoms with Gasteiger partial charge in [-0.25, -0.2) is 0 Å². The summed E-state index contributed by atoms with van der Waals surface area (Å²) < 4.78 is 11.2. The SMILES string of the molecule is O=PC(c1ccc(O)cc1)c1ccc(O)cc1. The van der Waals surface area contributed by atoms with Gasteiger partial charge in [0.25, 0.3) is 0 Å². The van der Waals surface area contributed by atoms with Crippen molar-refractivity contribution in [1.82, 2.24) is 0 Å². The molecular weight excluding hydrogens is 235 g/mol. The third-order valence-corrected chi connectivity index (χ3v) is 3.33. The Bertz CT molecular complexity index is 460. The van der Waals surface area contributed by atoms with Gasteiger partial charge in [0.15, 0.2) is 8.46 Å². The molecule has 0 aliphatic carbocycles. The molecule has 0 bridgehead atoms. The van der Waals surface area contributed by atoms with Crippen LogP contribution in [0.2, 0.25) is 0 Å². The number of phenols is 2. The number of rotatable bonds is 3. The maximum absolute atomic E-state index is 11.2. The Kier molecular flexibility index (Phi) is 3.40. The molecule has 4 heteroatoms. The first-order valence-electron chi connectivity index (χ1n) is 5.11. The van der Waals surface area contributed by atoms with E-state index >= 15 is 0 Å². The van der Waals surface area contributed by atoms with Gasteiger partial charge in [-0.15, -0.1) is 0 Å². The zero-order chi connectivity index (χ0) is 12.3. The van der Waals surface area contributed by atoms with Gasteiger partial charge in [0.05, 0.1) is 5.66 Å². The van der Waals surface area contributed by atoms with Crippen molar-refractivity contribution < 1.29 is 14.8 Å². The van der Waals surface area contributed by atoms with Crippen LogP contribution in [0.15, 0.2) is 48.5 Å². The Morgan fingerprint density at radius 1 is 0.765 bits per heavy atom. The van der Waals surface area contributed by atoms with E-state index in [9.17, 15) is 14.8 Å². The van der Waals surface area contributed by atoms with Crippen LogP contribution in [0.1, 0.15) is 16.8 Å². The lowest BCUT2D eigenvalue weighted by atomic mass is 10.0. The summed E-state index contributed by atoms with van der Waals surface area (Å²) in [6.45, 7) is 0. The van der Waals surface area contributed by atoms with Crippen molar-refractivity contribution >= 4 is 8.46 Å². The molecule has 2 aromatic rings. The zero-order valence-electron chi connectivity index (χ0n) is 8.95. The summed E-state index contributed by atoms with van der Waals surface area (Å²) in [7, 11) is -0.0207. The van der Waals surface area contributed by atoms with E-state index in [1.165, 1.54) is 0 Å². The predicted octanol–water partition coefficient (Wildman–Crippen LogP) is 3.48. The first kappa shape index (κ1) is 11.6. The molecule has 0 saturated heterocycles. The molecule has 0 spiro atoms. The minimum Gasteiger partial charge on any atom is -0.508 e. The van der Waals surface area contributed by atoms with Crippen molar-refractivity contribution in [2.45, 2.75) is 5.66 Å². The van der Waals surface area contributed by atoms with Crippen LogP contribution in [-0.2, 0) is 4.57 Å². The molecular formula is C13H11O3P. The minimum atomic E-state index is -0.281. The number of hydrogen-bond acceptors (Lipinski definition) is 3. The monoisotopic (exact) mass is 246 g/mol. The first-order valence-corrected chi connectivity index (χ1v) is 5.99. The van der Waals surface area contributed by atoms with E-state index in [-0.39, 0.29) is 25.6 Å². The average Bonchev–Trinajstić information content (AvgIpc) is 2.35. The number of aromatic hydroxyl groups is 2. The van der Waals surface area contributed by atoms with Crippen molar-refractivity contribution in [3.63, 3.8) is 0 Å². The second-order valence-corrected chi connectivity index (χ2v) is 4.42. The molecule has 2 rings (SSSR count). The molecule has 0 heterocycles. The maximum atomic E-state index is 11.2. The van der Waals surface area contributed by atoms with Gasteiger partial charge in [0.1, 0.15) is 11.5 Å². The largest absolute Gasteiger partial charge is 0.508 e. The summed E-state index contributed by atoms with van der Waals surface area (Å²) in [6.07, 6.45) is 0. The fourth-order valence-electron chi connectivity index (χ4n) is 1.63. The van der Waals surface area contributed by atoms with Crippen molar-refractivity contribution in [3.8, 4) is 11.5 Å².